The number of ether oxygens (including phenoxy) is 2. The first-order chi connectivity index (χ1) is 12.8. The summed E-state index contributed by atoms with van der Waals surface area (Å²) in [5, 5.41) is 0. The monoisotopic (exact) mass is 377 g/mol. The number of methoxy groups -OCH3 is 1. The van der Waals surface area contributed by atoms with E-state index in [9.17, 15) is 18.0 Å². The average Bonchev–Trinajstić information content (AvgIpc) is 2.63. The Hall–Kier alpha value is -2.54. The Morgan fingerprint density at radius 1 is 1.19 bits per heavy atom. The molecular formula is C20H18F3NO3. The summed E-state index contributed by atoms with van der Waals surface area (Å²) < 4.78 is 47.9. The highest BCUT2D eigenvalue weighted by atomic mass is 19.4. The van der Waals surface area contributed by atoms with E-state index in [1.165, 1.54) is 24.3 Å². The van der Waals surface area contributed by atoms with Gasteiger partial charge in [-0.1, -0.05) is 24.3 Å². The van der Waals surface area contributed by atoms with Crippen LogP contribution in [-0.4, -0.2) is 37.7 Å². The standard InChI is InChI=1S/C20H18F3NO3/c1-24-9-8-11-4-3-5-13-16(11)14(24)10-12-6-7-15(18(26-2)17(12)13)27-19(25)20(21,22)23/h3-7,14H,8-10H2,1-2H3/t14-/m1/s1. The number of esters is 1. The maximum atomic E-state index is 12.6. The summed E-state index contributed by atoms with van der Waals surface area (Å²) in [6.45, 7) is 0.953. The quantitative estimate of drug-likeness (QED) is 0.588. The number of hydrogen-bond acceptors (Lipinski definition) is 4. The Morgan fingerprint density at radius 2 is 1.96 bits per heavy atom. The van der Waals surface area contributed by atoms with Crippen LogP contribution in [-0.2, 0) is 17.6 Å². The Morgan fingerprint density at radius 3 is 2.67 bits per heavy atom. The van der Waals surface area contributed by atoms with Crippen LogP contribution in [0.15, 0.2) is 30.3 Å². The number of rotatable bonds is 2. The highest BCUT2D eigenvalue weighted by Crippen LogP contribution is 2.50. The minimum atomic E-state index is -5.07. The van der Waals surface area contributed by atoms with Crippen molar-refractivity contribution in [1.82, 2.24) is 4.90 Å². The molecule has 0 fully saturated rings. The molecule has 1 aliphatic heterocycles. The van der Waals surface area contributed by atoms with Crippen LogP contribution >= 0.6 is 0 Å². The van der Waals surface area contributed by atoms with Gasteiger partial charge in [-0.15, -0.1) is 0 Å². The average molecular weight is 377 g/mol. The molecule has 0 unspecified atom stereocenters. The van der Waals surface area contributed by atoms with E-state index >= 15 is 0 Å². The van der Waals surface area contributed by atoms with E-state index in [1.54, 1.807) is 6.07 Å². The fourth-order valence-electron chi connectivity index (χ4n) is 4.09. The molecule has 0 N–H and O–H groups in total. The van der Waals surface area contributed by atoms with Crippen molar-refractivity contribution in [1.29, 1.82) is 0 Å². The molecular weight excluding hydrogens is 359 g/mol. The molecule has 0 aromatic heterocycles. The molecule has 0 saturated carbocycles. The number of nitrogens with zero attached hydrogens (tertiary/aromatic N) is 1. The van der Waals surface area contributed by atoms with Crippen LogP contribution in [0.5, 0.6) is 11.5 Å². The fourth-order valence-corrected chi connectivity index (χ4v) is 4.09. The number of benzene rings is 2. The van der Waals surface area contributed by atoms with Crippen LogP contribution in [0.1, 0.15) is 22.7 Å². The first kappa shape index (κ1) is 17.9. The summed E-state index contributed by atoms with van der Waals surface area (Å²) in [7, 11) is 3.44. The Kier molecular flexibility index (Phi) is 4.14. The van der Waals surface area contributed by atoms with Gasteiger partial charge >= 0.3 is 12.1 Å². The Balaban J connectivity index is 1.87. The van der Waals surface area contributed by atoms with E-state index in [0.29, 0.717) is 5.56 Å². The summed E-state index contributed by atoms with van der Waals surface area (Å²) in [4.78, 5) is 13.6. The molecule has 4 nitrogen and oxygen atoms in total. The molecule has 2 aromatic carbocycles. The number of fused-ring (bicyclic) bond motifs is 2. The van der Waals surface area contributed by atoms with Gasteiger partial charge in [0.1, 0.15) is 0 Å². The van der Waals surface area contributed by atoms with E-state index in [4.69, 9.17) is 4.74 Å². The smallest absolute Gasteiger partial charge is 0.491 e. The number of carbonyl (C=O) groups excluding carboxylic acids is 1. The molecule has 2 aromatic rings. The van der Waals surface area contributed by atoms with Crippen molar-refractivity contribution in [3.05, 3.63) is 47.0 Å². The zero-order chi connectivity index (χ0) is 19.3. The molecule has 7 heteroatoms. The SMILES string of the molecule is COc1c(OC(=O)C(F)(F)F)ccc2c1-c1cccc3c1[C@@H](C2)N(C)CC3. The van der Waals surface area contributed by atoms with Gasteiger partial charge in [0.05, 0.1) is 7.11 Å². The first-order valence-corrected chi connectivity index (χ1v) is 8.62. The Bertz CT molecular complexity index is 923. The number of hydrogen-bond donors (Lipinski definition) is 0. The van der Waals surface area contributed by atoms with Crippen molar-refractivity contribution in [2.75, 3.05) is 20.7 Å². The predicted octanol–water partition coefficient (Wildman–Crippen LogP) is 3.92. The second kappa shape index (κ2) is 6.27. The molecule has 0 amide bonds. The van der Waals surface area contributed by atoms with Crippen molar-refractivity contribution in [2.45, 2.75) is 25.1 Å². The fraction of sp³-hybridized carbons (Fsp3) is 0.350. The molecule has 1 heterocycles. The highest BCUT2D eigenvalue weighted by Gasteiger charge is 2.42. The minimum absolute atomic E-state index is 0.158. The van der Waals surface area contributed by atoms with Gasteiger partial charge in [0.15, 0.2) is 11.5 Å². The van der Waals surface area contributed by atoms with E-state index in [-0.39, 0.29) is 17.5 Å². The molecule has 0 bridgehead atoms. The summed E-state index contributed by atoms with van der Waals surface area (Å²) >= 11 is 0. The van der Waals surface area contributed by atoms with E-state index in [0.717, 1.165) is 30.5 Å². The van der Waals surface area contributed by atoms with Gasteiger partial charge < -0.3 is 9.47 Å². The molecule has 2 aliphatic rings. The van der Waals surface area contributed by atoms with Crippen LogP contribution < -0.4 is 9.47 Å². The molecule has 1 aliphatic carbocycles. The molecule has 0 radical (unpaired) electrons. The lowest BCUT2D eigenvalue weighted by molar-refractivity contribution is -0.189. The topological polar surface area (TPSA) is 38.8 Å². The number of carbonyl (C=O) groups is 1. The second-order valence-corrected chi connectivity index (χ2v) is 6.85. The third-order valence-electron chi connectivity index (χ3n) is 5.32. The second-order valence-electron chi connectivity index (χ2n) is 6.85. The van der Waals surface area contributed by atoms with E-state index < -0.39 is 12.1 Å². The van der Waals surface area contributed by atoms with Crippen molar-refractivity contribution >= 4 is 5.97 Å². The van der Waals surface area contributed by atoms with Gasteiger partial charge in [0.25, 0.3) is 0 Å². The first-order valence-electron chi connectivity index (χ1n) is 8.62. The van der Waals surface area contributed by atoms with Crippen LogP contribution in [0.4, 0.5) is 13.2 Å². The van der Waals surface area contributed by atoms with Crippen molar-refractivity contribution in [3.8, 4) is 22.6 Å². The van der Waals surface area contributed by atoms with E-state index in [1.807, 2.05) is 12.1 Å². The third-order valence-corrected chi connectivity index (χ3v) is 5.32. The maximum absolute atomic E-state index is 12.6. The van der Waals surface area contributed by atoms with E-state index in [2.05, 4.69) is 22.8 Å². The van der Waals surface area contributed by atoms with Gasteiger partial charge in [-0.2, -0.15) is 13.2 Å². The highest BCUT2D eigenvalue weighted by molar-refractivity contribution is 5.85. The molecule has 0 saturated heterocycles. The maximum Gasteiger partial charge on any atom is 0.491 e. The summed E-state index contributed by atoms with van der Waals surface area (Å²) in [6, 6.07) is 9.28. The van der Waals surface area contributed by atoms with Gasteiger partial charge in [-0.3, -0.25) is 4.90 Å². The number of halogens is 3. The summed E-state index contributed by atoms with van der Waals surface area (Å²) in [5.41, 5.74) is 5.00. The third kappa shape index (κ3) is 2.86. The van der Waals surface area contributed by atoms with Crippen LogP contribution in [0, 0.1) is 0 Å². The van der Waals surface area contributed by atoms with Crippen molar-refractivity contribution in [3.63, 3.8) is 0 Å². The lowest BCUT2D eigenvalue weighted by Gasteiger charge is -2.40. The lowest BCUT2D eigenvalue weighted by Crippen LogP contribution is -2.35. The van der Waals surface area contributed by atoms with Crippen LogP contribution in [0.2, 0.25) is 0 Å². The van der Waals surface area contributed by atoms with Crippen molar-refractivity contribution < 1.29 is 27.4 Å². The lowest BCUT2D eigenvalue weighted by atomic mass is 9.77. The van der Waals surface area contributed by atoms with Gasteiger partial charge in [0, 0.05) is 18.2 Å². The predicted molar refractivity (Wildman–Crippen MR) is 92.9 cm³/mol. The van der Waals surface area contributed by atoms with Crippen LogP contribution in [0.25, 0.3) is 11.1 Å². The van der Waals surface area contributed by atoms with Crippen LogP contribution in [0.3, 0.4) is 0 Å². The summed E-state index contributed by atoms with van der Waals surface area (Å²) in [5.74, 6) is -2.33. The number of likely N-dealkylation sites (N-methyl/N-ethyl adjacent to an activating group) is 1. The number of alkyl halides is 3. The largest absolute Gasteiger partial charge is 0.492 e. The Labute approximate surface area is 154 Å². The van der Waals surface area contributed by atoms with Crippen molar-refractivity contribution in [2.24, 2.45) is 0 Å². The zero-order valence-corrected chi connectivity index (χ0v) is 14.9. The minimum Gasteiger partial charge on any atom is -0.492 e. The molecule has 142 valence electrons. The van der Waals surface area contributed by atoms with Gasteiger partial charge in [0.2, 0.25) is 0 Å². The zero-order valence-electron chi connectivity index (χ0n) is 14.9. The normalized spacial score (nSPS) is 18.5. The summed E-state index contributed by atoms with van der Waals surface area (Å²) in [6.07, 6.45) is -3.43. The molecule has 4 rings (SSSR count). The van der Waals surface area contributed by atoms with Gasteiger partial charge in [-0.05, 0) is 48.2 Å². The molecule has 27 heavy (non-hydrogen) atoms. The molecule has 1 atom stereocenters. The van der Waals surface area contributed by atoms with Gasteiger partial charge in [-0.25, -0.2) is 4.79 Å². The molecule has 0 spiro atoms.